The Morgan fingerprint density at radius 2 is 2.21 bits per heavy atom. The fourth-order valence-electron chi connectivity index (χ4n) is 2.15. The first-order chi connectivity index (χ1) is 11.5. The van der Waals surface area contributed by atoms with Crippen molar-refractivity contribution in [3.05, 3.63) is 62.9 Å². The van der Waals surface area contributed by atoms with Crippen molar-refractivity contribution >= 4 is 28.8 Å². The van der Waals surface area contributed by atoms with Gasteiger partial charge in [0.15, 0.2) is 0 Å². The van der Waals surface area contributed by atoms with Gasteiger partial charge in [-0.25, -0.2) is 4.79 Å². The summed E-state index contributed by atoms with van der Waals surface area (Å²) in [6.07, 6.45) is 0. The molecule has 0 saturated heterocycles. The minimum Gasteiger partial charge on any atom is -0.387 e. The number of aromatic nitrogens is 2. The maximum atomic E-state index is 12.3. The van der Waals surface area contributed by atoms with Crippen molar-refractivity contribution in [3.8, 4) is 10.8 Å². The van der Waals surface area contributed by atoms with Crippen molar-refractivity contribution in [2.24, 2.45) is 0 Å². The number of carbonyl (C=O) groups excluding carboxylic acids is 1. The van der Waals surface area contributed by atoms with E-state index in [-0.39, 0.29) is 18.3 Å². The predicted molar refractivity (Wildman–Crippen MR) is 92.0 cm³/mol. The van der Waals surface area contributed by atoms with Gasteiger partial charge in [0.05, 0.1) is 4.88 Å². The van der Waals surface area contributed by atoms with E-state index in [0.717, 1.165) is 15.1 Å². The lowest BCUT2D eigenvalue weighted by molar-refractivity contribution is -0.131. The Bertz CT molecular complexity index is 901. The standard InChI is InChI=1S/C16H14ClN3O3S/c1-19(9-11-4-2-5-12(17)8-11)14(21)10-20-16(22)23-15(18-20)13-6-3-7-24-13/h2-8H,9-10H2,1H3. The Balaban J connectivity index is 1.69. The first kappa shape index (κ1) is 16.5. The van der Waals surface area contributed by atoms with Crippen LogP contribution in [0.4, 0.5) is 0 Å². The Labute approximate surface area is 146 Å². The number of amides is 1. The number of benzene rings is 1. The molecule has 8 heteroatoms. The molecular formula is C16H14ClN3O3S. The molecular weight excluding hydrogens is 350 g/mol. The molecule has 0 aliphatic heterocycles. The molecule has 2 aromatic heterocycles. The molecule has 0 bridgehead atoms. The smallest absolute Gasteiger partial charge is 0.387 e. The quantitative estimate of drug-likeness (QED) is 0.699. The van der Waals surface area contributed by atoms with Gasteiger partial charge < -0.3 is 9.32 Å². The monoisotopic (exact) mass is 363 g/mol. The molecule has 0 fully saturated rings. The second-order valence-electron chi connectivity index (χ2n) is 5.19. The molecule has 1 amide bonds. The van der Waals surface area contributed by atoms with Crippen LogP contribution in [0.5, 0.6) is 0 Å². The van der Waals surface area contributed by atoms with Gasteiger partial charge in [-0.3, -0.25) is 4.79 Å². The first-order valence-corrected chi connectivity index (χ1v) is 8.39. The SMILES string of the molecule is CN(Cc1cccc(Cl)c1)C(=O)Cn1nc(-c2cccs2)oc1=O. The zero-order valence-electron chi connectivity index (χ0n) is 12.8. The second-order valence-corrected chi connectivity index (χ2v) is 6.57. The topological polar surface area (TPSA) is 68.3 Å². The highest BCUT2D eigenvalue weighted by atomic mass is 35.5. The number of rotatable bonds is 5. The molecule has 24 heavy (non-hydrogen) atoms. The molecule has 0 unspecified atom stereocenters. The lowest BCUT2D eigenvalue weighted by Crippen LogP contribution is -2.33. The molecule has 2 heterocycles. The molecule has 6 nitrogen and oxygen atoms in total. The minimum atomic E-state index is -0.650. The van der Waals surface area contributed by atoms with E-state index in [0.29, 0.717) is 11.6 Å². The van der Waals surface area contributed by atoms with Crippen LogP contribution in [0.3, 0.4) is 0 Å². The van der Waals surface area contributed by atoms with E-state index < -0.39 is 5.76 Å². The zero-order chi connectivity index (χ0) is 17.1. The molecule has 124 valence electrons. The average molecular weight is 364 g/mol. The molecule has 0 aliphatic rings. The maximum Gasteiger partial charge on any atom is 0.437 e. The molecule has 1 aromatic carbocycles. The molecule has 3 aromatic rings. The fraction of sp³-hybridized carbons (Fsp3) is 0.188. The minimum absolute atomic E-state index is 0.176. The summed E-state index contributed by atoms with van der Waals surface area (Å²) >= 11 is 7.35. The Hall–Kier alpha value is -2.38. The van der Waals surface area contributed by atoms with Crippen LogP contribution >= 0.6 is 22.9 Å². The zero-order valence-corrected chi connectivity index (χ0v) is 14.4. The molecule has 0 spiro atoms. The van der Waals surface area contributed by atoms with Crippen molar-refractivity contribution in [2.45, 2.75) is 13.1 Å². The van der Waals surface area contributed by atoms with Crippen molar-refractivity contribution in [1.29, 1.82) is 0 Å². The van der Waals surface area contributed by atoms with Crippen LogP contribution in [0.25, 0.3) is 10.8 Å². The van der Waals surface area contributed by atoms with Crippen molar-refractivity contribution in [3.63, 3.8) is 0 Å². The summed E-state index contributed by atoms with van der Waals surface area (Å²) in [6, 6.07) is 10.9. The van der Waals surface area contributed by atoms with E-state index >= 15 is 0 Å². The summed E-state index contributed by atoms with van der Waals surface area (Å²) in [5, 5.41) is 6.55. The Kier molecular flexibility index (Phi) is 4.82. The van der Waals surface area contributed by atoms with E-state index in [4.69, 9.17) is 16.0 Å². The van der Waals surface area contributed by atoms with Gasteiger partial charge in [-0.1, -0.05) is 29.8 Å². The van der Waals surface area contributed by atoms with Crippen LogP contribution in [-0.2, 0) is 17.9 Å². The molecule has 0 N–H and O–H groups in total. The predicted octanol–water partition coefficient (Wildman–Crippen LogP) is 2.88. The highest BCUT2D eigenvalue weighted by Crippen LogP contribution is 2.21. The highest BCUT2D eigenvalue weighted by molar-refractivity contribution is 7.13. The van der Waals surface area contributed by atoms with Crippen LogP contribution in [0.15, 0.2) is 51.0 Å². The number of hydrogen-bond donors (Lipinski definition) is 0. The third-order valence-electron chi connectivity index (χ3n) is 3.36. The Morgan fingerprint density at radius 1 is 1.38 bits per heavy atom. The van der Waals surface area contributed by atoms with Gasteiger partial charge in [-0.05, 0) is 29.1 Å². The summed E-state index contributed by atoms with van der Waals surface area (Å²) in [4.78, 5) is 26.4. The third-order valence-corrected chi connectivity index (χ3v) is 4.45. The van der Waals surface area contributed by atoms with Gasteiger partial charge in [0.25, 0.3) is 5.89 Å². The lowest BCUT2D eigenvalue weighted by Gasteiger charge is -2.16. The number of hydrogen-bond acceptors (Lipinski definition) is 5. The van der Waals surface area contributed by atoms with Crippen molar-refractivity contribution in [1.82, 2.24) is 14.7 Å². The lowest BCUT2D eigenvalue weighted by atomic mass is 10.2. The summed E-state index contributed by atoms with van der Waals surface area (Å²) in [7, 11) is 1.66. The first-order valence-electron chi connectivity index (χ1n) is 7.13. The van der Waals surface area contributed by atoms with E-state index in [2.05, 4.69) is 5.10 Å². The van der Waals surface area contributed by atoms with E-state index in [1.54, 1.807) is 25.2 Å². The Morgan fingerprint density at radius 3 is 2.92 bits per heavy atom. The van der Waals surface area contributed by atoms with E-state index in [1.165, 1.54) is 16.2 Å². The van der Waals surface area contributed by atoms with Crippen LogP contribution in [-0.4, -0.2) is 27.6 Å². The third kappa shape index (κ3) is 3.74. The van der Waals surface area contributed by atoms with Crippen molar-refractivity contribution < 1.29 is 9.21 Å². The van der Waals surface area contributed by atoms with Crippen LogP contribution in [0.2, 0.25) is 5.02 Å². The van der Waals surface area contributed by atoms with Crippen LogP contribution in [0, 0.1) is 0 Å². The summed E-state index contributed by atoms with van der Waals surface area (Å²) in [6.45, 7) is 0.217. The summed E-state index contributed by atoms with van der Waals surface area (Å²) in [5.74, 6) is -0.675. The number of nitrogens with zero attached hydrogens (tertiary/aromatic N) is 3. The molecule has 3 rings (SSSR count). The molecule has 0 atom stereocenters. The van der Waals surface area contributed by atoms with E-state index in [9.17, 15) is 9.59 Å². The molecule has 0 aliphatic carbocycles. The number of thiophene rings is 1. The normalized spacial score (nSPS) is 10.8. The number of likely N-dealkylation sites (N-methyl/N-ethyl adjacent to an activating group) is 1. The van der Waals surface area contributed by atoms with Gasteiger partial charge in [-0.2, -0.15) is 4.68 Å². The number of halogens is 1. The average Bonchev–Trinajstić information content (AvgIpc) is 3.17. The van der Waals surface area contributed by atoms with Gasteiger partial charge in [0, 0.05) is 18.6 Å². The van der Waals surface area contributed by atoms with E-state index in [1.807, 2.05) is 23.6 Å². The highest BCUT2D eigenvalue weighted by Gasteiger charge is 2.16. The van der Waals surface area contributed by atoms with Crippen LogP contribution in [0.1, 0.15) is 5.56 Å². The second kappa shape index (κ2) is 7.02. The van der Waals surface area contributed by atoms with Gasteiger partial charge in [0.2, 0.25) is 5.91 Å². The summed E-state index contributed by atoms with van der Waals surface area (Å²) in [5.41, 5.74) is 0.908. The summed E-state index contributed by atoms with van der Waals surface area (Å²) < 4.78 is 6.13. The van der Waals surface area contributed by atoms with Crippen LogP contribution < -0.4 is 5.76 Å². The van der Waals surface area contributed by atoms with Gasteiger partial charge in [-0.15, -0.1) is 16.4 Å². The van der Waals surface area contributed by atoms with Crippen molar-refractivity contribution in [2.75, 3.05) is 7.05 Å². The molecule has 0 radical (unpaired) electrons. The van der Waals surface area contributed by atoms with Gasteiger partial charge >= 0.3 is 5.76 Å². The largest absolute Gasteiger partial charge is 0.437 e. The fourth-order valence-corrected chi connectivity index (χ4v) is 3.01. The van der Waals surface area contributed by atoms with Gasteiger partial charge in [0.1, 0.15) is 6.54 Å². The molecule has 0 saturated carbocycles. The maximum absolute atomic E-state index is 12.3. The number of carbonyl (C=O) groups is 1.